The fourth-order valence-corrected chi connectivity index (χ4v) is 6.82. The number of aryl methyl sites for hydroxylation is 1. The third-order valence-electron chi connectivity index (χ3n) is 8.10. The maximum absolute atomic E-state index is 10.7. The Kier molecular flexibility index (Phi) is 4.75. The minimum absolute atomic E-state index is 0.321. The Morgan fingerprint density at radius 3 is 2.85 bits per heavy atom. The SMILES string of the molecule is C[C@@]12CC[C@@H]3c4ccc(O)cc4CC[C@@H]3[C@@H]1CC[C@@H]2CCCCC(=O)O. The first kappa shape index (κ1) is 17.9. The molecular weight excluding hydrogens is 324 g/mol. The van der Waals surface area contributed by atoms with Crippen molar-refractivity contribution in [2.75, 3.05) is 0 Å². The summed E-state index contributed by atoms with van der Waals surface area (Å²) < 4.78 is 0. The summed E-state index contributed by atoms with van der Waals surface area (Å²) in [5, 5.41) is 18.7. The van der Waals surface area contributed by atoms with Gasteiger partial charge in [-0.05, 0) is 104 Å². The van der Waals surface area contributed by atoms with E-state index in [0.29, 0.717) is 23.5 Å². The van der Waals surface area contributed by atoms with E-state index in [9.17, 15) is 9.90 Å². The second-order valence-electron chi connectivity index (χ2n) is 9.26. The van der Waals surface area contributed by atoms with Crippen LogP contribution in [0.2, 0.25) is 0 Å². The Labute approximate surface area is 156 Å². The molecular formula is C23H32O3. The maximum atomic E-state index is 10.7. The van der Waals surface area contributed by atoms with Crippen LogP contribution in [0.3, 0.4) is 0 Å². The molecule has 1 aromatic rings. The number of hydrogen-bond donors (Lipinski definition) is 2. The molecule has 4 rings (SSSR count). The predicted octanol–water partition coefficient (Wildman–Crippen LogP) is 5.51. The molecule has 0 aliphatic heterocycles. The summed E-state index contributed by atoms with van der Waals surface area (Å²) in [6.07, 6.45) is 11.1. The van der Waals surface area contributed by atoms with Gasteiger partial charge in [-0.15, -0.1) is 0 Å². The first-order valence-corrected chi connectivity index (χ1v) is 10.5. The second-order valence-corrected chi connectivity index (χ2v) is 9.26. The molecule has 0 saturated heterocycles. The standard InChI is InChI=1S/C23H32O3/c1-23-13-12-19-18-10-8-17(24)14-15(18)6-9-20(19)21(23)11-7-16(23)4-2-3-5-22(25)26/h8,10,14,16,19-21,24H,2-7,9,11-13H2,1H3,(H,25,26)/t16-,19+,20-,21-,23-/m0/s1. The van der Waals surface area contributed by atoms with Gasteiger partial charge in [-0.25, -0.2) is 0 Å². The molecule has 3 aliphatic carbocycles. The van der Waals surface area contributed by atoms with Gasteiger partial charge in [0.15, 0.2) is 0 Å². The highest BCUT2D eigenvalue weighted by molar-refractivity contribution is 5.66. The van der Waals surface area contributed by atoms with Gasteiger partial charge in [-0.3, -0.25) is 4.79 Å². The lowest BCUT2D eigenvalue weighted by Gasteiger charge is -2.51. The lowest BCUT2D eigenvalue weighted by Crippen LogP contribution is -2.42. The Hall–Kier alpha value is -1.51. The van der Waals surface area contributed by atoms with Crippen LogP contribution in [0.1, 0.15) is 81.8 Å². The number of carbonyl (C=O) groups is 1. The Morgan fingerprint density at radius 2 is 2.04 bits per heavy atom. The van der Waals surface area contributed by atoms with E-state index < -0.39 is 5.97 Å². The van der Waals surface area contributed by atoms with Crippen molar-refractivity contribution < 1.29 is 15.0 Å². The van der Waals surface area contributed by atoms with E-state index >= 15 is 0 Å². The third kappa shape index (κ3) is 3.04. The van der Waals surface area contributed by atoms with E-state index in [4.69, 9.17) is 5.11 Å². The predicted molar refractivity (Wildman–Crippen MR) is 102 cm³/mol. The molecule has 2 fully saturated rings. The minimum Gasteiger partial charge on any atom is -0.508 e. The smallest absolute Gasteiger partial charge is 0.303 e. The summed E-state index contributed by atoms with van der Waals surface area (Å²) in [5.41, 5.74) is 3.34. The second kappa shape index (κ2) is 6.90. The Bertz CT molecular complexity index is 682. The number of phenols is 1. The number of phenolic OH excluding ortho intramolecular Hbond substituents is 1. The van der Waals surface area contributed by atoms with Crippen molar-refractivity contribution in [1.82, 2.24) is 0 Å². The Morgan fingerprint density at radius 1 is 1.19 bits per heavy atom. The number of carboxylic acids is 1. The summed E-state index contributed by atoms with van der Waals surface area (Å²) in [7, 11) is 0. The van der Waals surface area contributed by atoms with Crippen molar-refractivity contribution in [3.8, 4) is 5.75 Å². The van der Waals surface area contributed by atoms with E-state index in [0.717, 1.165) is 37.0 Å². The van der Waals surface area contributed by atoms with Crippen LogP contribution in [0.4, 0.5) is 0 Å². The molecule has 0 amide bonds. The zero-order chi connectivity index (χ0) is 18.3. The zero-order valence-corrected chi connectivity index (χ0v) is 15.9. The number of aromatic hydroxyl groups is 1. The Balaban J connectivity index is 1.46. The van der Waals surface area contributed by atoms with Crippen LogP contribution in [-0.2, 0) is 11.2 Å². The van der Waals surface area contributed by atoms with Crippen molar-refractivity contribution in [3.63, 3.8) is 0 Å². The highest BCUT2D eigenvalue weighted by atomic mass is 16.4. The molecule has 0 aromatic heterocycles. The number of benzene rings is 1. The van der Waals surface area contributed by atoms with Crippen LogP contribution in [0, 0.1) is 23.2 Å². The maximum Gasteiger partial charge on any atom is 0.303 e. The van der Waals surface area contributed by atoms with E-state index in [1.165, 1.54) is 49.7 Å². The molecule has 0 radical (unpaired) electrons. The van der Waals surface area contributed by atoms with Crippen LogP contribution in [0.5, 0.6) is 5.75 Å². The number of aliphatic carboxylic acids is 1. The number of fused-ring (bicyclic) bond motifs is 5. The van der Waals surface area contributed by atoms with E-state index in [2.05, 4.69) is 13.0 Å². The van der Waals surface area contributed by atoms with Crippen molar-refractivity contribution >= 4 is 5.97 Å². The number of carboxylic acid groups (broad SMARTS) is 1. The number of rotatable bonds is 5. The quantitative estimate of drug-likeness (QED) is 0.684. The van der Waals surface area contributed by atoms with Gasteiger partial charge < -0.3 is 10.2 Å². The van der Waals surface area contributed by atoms with Gasteiger partial charge in [0.2, 0.25) is 0 Å². The zero-order valence-electron chi connectivity index (χ0n) is 15.9. The van der Waals surface area contributed by atoms with Crippen molar-refractivity contribution in [3.05, 3.63) is 29.3 Å². The van der Waals surface area contributed by atoms with Gasteiger partial charge in [-0.2, -0.15) is 0 Å². The summed E-state index contributed by atoms with van der Waals surface area (Å²) >= 11 is 0. The lowest BCUT2D eigenvalue weighted by molar-refractivity contribution is -0.137. The molecule has 1 aromatic carbocycles. The van der Waals surface area contributed by atoms with Gasteiger partial charge >= 0.3 is 5.97 Å². The van der Waals surface area contributed by atoms with Gasteiger partial charge in [0.25, 0.3) is 0 Å². The van der Waals surface area contributed by atoms with Crippen molar-refractivity contribution in [2.24, 2.45) is 23.2 Å². The summed E-state index contributed by atoms with van der Waals surface area (Å²) in [6, 6.07) is 6.04. The van der Waals surface area contributed by atoms with Crippen LogP contribution in [0.25, 0.3) is 0 Å². The highest BCUT2D eigenvalue weighted by Gasteiger charge is 2.54. The molecule has 26 heavy (non-hydrogen) atoms. The molecule has 2 saturated carbocycles. The van der Waals surface area contributed by atoms with Gasteiger partial charge in [0.05, 0.1) is 0 Å². The molecule has 3 nitrogen and oxygen atoms in total. The van der Waals surface area contributed by atoms with Crippen LogP contribution >= 0.6 is 0 Å². The minimum atomic E-state index is -0.659. The third-order valence-corrected chi connectivity index (χ3v) is 8.10. The normalized spacial score (nSPS) is 35.4. The molecule has 0 heterocycles. The summed E-state index contributed by atoms with van der Waals surface area (Å²) in [6.45, 7) is 2.54. The number of unbranched alkanes of at least 4 members (excludes halogenated alkanes) is 1. The van der Waals surface area contributed by atoms with Gasteiger partial charge in [-0.1, -0.05) is 19.4 Å². The molecule has 142 valence electrons. The molecule has 3 aliphatic rings. The lowest BCUT2D eigenvalue weighted by atomic mass is 9.54. The summed E-state index contributed by atoms with van der Waals surface area (Å²) in [4.78, 5) is 10.7. The molecule has 3 heteroatoms. The molecule has 0 bridgehead atoms. The first-order valence-electron chi connectivity index (χ1n) is 10.5. The largest absolute Gasteiger partial charge is 0.508 e. The monoisotopic (exact) mass is 356 g/mol. The first-order chi connectivity index (χ1) is 12.5. The molecule has 0 spiro atoms. The number of hydrogen-bond acceptors (Lipinski definition) is 2. The fraction of sp³-hybridized carbons (Fsp3) is 0.696. The van der Waals surface area contributed by atoms with E-state index in [1.807, 2.05) is 12.1 Å². The van der Waals surface area contributed by atoms with Crippen molar-refractivity contribution in [2.45, 2.75) is 77.0 Å². The van der Waals surface area contributed by atoms with Gasteiger partial charge in [0.1, 0.15) is 5.75 Å². The van der Waals surface area contributed by atoms with E-state index in [-0.39, 0.29) is 0 Å². The average Bonchev–Trinajstić information content (AvgIpc) is 2.94. The molecule has 0 unspecified atom stereocenters. The van der Waals surface area contributed by atoms with Crippen molar-refractivity contribution in [1.29, 1.82) is 0 Å². The molecule has 2 N–H and O–H groups in total. The highest BCUT2D eigenvalue weighted by Crippen LogP contribution is 2.63. The van der Waals surface area contributed by atoms with Crippen LogP contribution in [-0.4, -0.2) is 16.2 Å². The van der Waals surface area contributed by atoms with Crippen LogP contribution < -0.4 is 0 Å². The average molecular weight is 357 g/mol. The molecule has 5 atom stereocenters. The fourth-order valence-electron chi connectivity index (χ4n) is 6.82. The van der Waals surface area contributed by atoms with E-state index in [1.54, 1.807) is 0 Å². The van der Waals surface area contributed by atoms with Crippen LogP contribution in [0.15, 0.2) is 18.2 Å². The topological polar surface area (TPSA) is 57.5 Å². The van der Waals surface area contributed by atoms with Gasteiger partial charge in [0, 0.05) is 6.42 Å². The summed E-state index contributed by atoms with van der Waals surface area (Å²) in [5.74, 6) is 2.84.